The van der Waals surface area contributed by atoms with Gasteiger partial charge in [0.2, 0.25) is 5.56 Å². The number of carboxylic acid groups (broad SMARTS) is 1. The van der Waals surface area contributed by atoms with E-state index >= 15 is 0 Å². The summed E-state index contributed by atoms with van der Waals surface area (Å²) < 4.78 is 0. The zero-order valence-electron chi connectivity index (χ0n) is 12.0. The van der Waals surface area contributed by atoms with Crippen LogP contribution in [0.1, 0.15) is 34.1 Å². The van der Waals surface area contributed by atoms with E-state index in [0.717, 1.165) is 0 Å². The highest BCUT2D eigenvalue weighted by molar-refractivity contribution is 5.94. The summed E-state index contributed by atoms with van der Waals surface area (Å²) in [6, 6.07) is 10.9. The summed E-state index contributed by atoms with van der Waals surface area (Å²) in [6.07, 6.45) is -0.238. The van der Waals surface area contributed by atoms with Gasteiger partial charge in [0, 0.05) is 17.3 Å². The predicted molar refractivity (Wildman–Crippen MR) is 80.7 cm³/mol. The molecule has 22 heavy (non-hydrogen) atoms. The number of benzene rings is 1. The number of rotatable bonds is 5. The highest BCUT2D eigenvalue weighted by Crippen LogP contribution is 2.17. The van der Waals surface area contributed by atoms with Gasteiger partial charge in [-0.25, -0.2) is 0 Å². The van der Waals surface area contributed by atoms with Crippen molar-refractivity contribution in [1.82, 2.24) is 10.3 Å². The van der Waals surface area contributed by atoms with Crippen LogP contribution in [0.3, 0.4) is 0 Å². The van der Waals surface area contributed by atoms with Crippen LogP contribution in [-0.2, 0) is 4.79 Å². The number of aryl methyl sites for hydroxylation is 1. The molecule has 0 aliphatic carbocycles. The van der Waals surface area contributed by atoms with Crippen LogP contribution in [0.2, 0.25) is 0 Å². The number of carbonyl (C=O) groups is 2. The molecule has 3 N–H and O–H groups in total. The van der Waals surface area contributed by atoms with Crippen molar-refractivity contribution in [3.8, 4) is 0 Å². The van der Waals surface area contributed by atoms with E-state index in [0.29, 0.717) is 11.3 Å². The Morgan fingerprint density at radius 3 is 2.50 bits per heavy atom. The standard InChI is InChI=1S/C16H16N2O4/c1-10-7-12(8-14(19)17-10)16(22)18-13(9-15(20)21)11-5-3-2-4-6-11/h2-8,13H,9H2,1H3,(H,17,19)(H,18,22)(H,20,21)/t13-/m0/s1. The molecule has 0 saturated carbocycles. The maximum absolute atomic E-state index is 12.3. The average Bonchev–Trinajstić information content (AvgIpc) is 2.46. The predicted octanol–water partition coefficient (Wildman–Crippen LogP) is 1.63. The number of carbonyl (C=O) groups excluding carboxylic acids is 1. The van der Waals surface area contributed by atoms with Gasteiger partial charge in [-0.2, -0.15) is 0 Å². The SMILES string of the molecule is Cc1cc(C(=O)N[C@@H](CC(=O)O)c2ccccc2)cc(=O)[nH]1. The van der Waals surface area contributed by atoms with Crippen molar-refractivity contribution in [2.24, 2.45) is 0 Å². The van der Waals surface area contributed by atoms with E-state index in [4.69, 9.17) is 5.11 Å². The van der Waals surface area contributed by atoms with Gasteiger partial charge in [-0.15, -0.1) is 0 Å². The first kappa shape index (κ1) is 15.5. The lowest BCUT2D eigenvalue weighted by molar-refractivity contribution is -0.137. The Morgan fingerprint density at radius 1 is 1.23 bits per heavy atom. The Labute approximate surface area is 126 Å². The lowest BCUT2D eigenvalue weighted by Crippen LogP contribution is -2.31. The van der Waals surface area contributed by atoms with Crippen molar-refractivity contribution in [3.05, 3.63) is 69.6 Å². The minimum absolute atomic E-state index is 0.201. The van der Waals surface area contributed by atoms with Crippen LogP contribution in [0.25, 0.3) is 0 Å². The molecule has 1 amide bonds. The molecule has 2 aromatic rings. The first-order valence-corrected chi connectivity index (χ1v) is 6.74. The largest absolute Gasteiger partial charge is 0.481 e. The van der Waals surface area contributed by atoms with Crippen LogP contribution >= 0.6 is 0 Å². The van der Waals surface area contributed by atoms with Crippen molar-refractivity contribution < 1.29 is 14.7 Å². The summed E-state index contributed by atoms with van der Waals surface area (Å²) in [4.78, 5) is 37.2. The number of pyridine rings is 1. The molecular weight excluding hydrogens is 284 g/mol. The number of carboxylic acids is 1. The van der Waals surface area contributed by atoms with Crippen LogP contribution in [-0.4, -0.2) is 22.0 Å². The zero-order valence-corrected chi connectivity index (χ0v) is 12.0. The van der Waals surface area contributed by atoms with E-state index in [2.05, 4.69) is 10.3 Å². The van der Waals surface area contributed by atoms with Crippen molar-refractivity contribution in [1.29, 1.82) is 0 Å². The first-order chi connectivity index (χ1) is 10.5. The fraction of sp³-hybridized carbons (Fsp3) is 0.188. The Bertz CT molecular complexity index is 737. The van der Waals surface area contributed by atoms with Crippen LogP contribution < -0.4 is 10.9 Å². The topological polar surface area (TPSA) is 99.3 Å². The molecule has 0 aliphatic heterocycles. The molecule has 0 unspecified atom stereocenters. The second kappa shape index (κ2) is 6.71. The third-order valence-electron chi connectivity index (χ3n) is 3.13. The average molecular weight is 300 g/mol. The molecule has 0 aliphatic rings. The number of aromatic amines is 1. The molecule has 0 radical (unpaired) electrons. The lowest BCUT2D eigenvalue weighted by atomic mass is 10.0. The third-order valence-corrected chi connectivity index (χ3v) is 3.13. The summed E-state index contributed by atoms with van der Waals surface area (Å²) >= 11 is 0. The normalized spacial score (nSPS) is 11.7. The summed E-state index contributed by atoms with van der Waals surface area (Å²) in [7, 11) is 0. The summed E-state index contributed by atoms with van der Waals surface area (Å²) in [5, 5.41) is 11.7. The van der Waals surface area contributed by atoms with Crippen molar-refractivity contribution >= 4 is 11.9 Å². The van der Waals surface area contributed by atoms with Gasteiger partial charge in [-0.05, 0) is 18.6 Å². The Morgan fingerprint density at radius 2 is 1.91 bits per heavy atom. The van der Waals surface area contributed by atoms with Gasteiger partial charge in [0.15, 0.2) is 0 Å². The molecule has 114 valence electrons. The second-order valence-electron chi connectivity index (χ2n) is 4.95. The minimum Gasteiger partial charge on any atom is -0.481 e. The van der Waals surface area contributed by atoms with Gasteiger partial charge in [-0.1, -0.05) is 30.3 Å². The van der Waals surface area contributed by atoms with E-state index in [1.807, 2.05) is 6.07 Å². The van der Waals surface area contributed by atoms with Crippen LogP contribution in [0.15, 0.2) is 47.3 Å². The van der Waals surface area contributed by atoms with Gasteiger partial charge in [0.1, 0.15) is 0 Å². The molecule has 0 bridgehead atoms. The Kier molecular flexibility index (Phi) is 4.73. The van der Waals surface area contributed by atoms with Gasteiger partial charge in [0.25, 0.3) is 5.91 Å². The van der Waals surface area contributed by atoms with Crippen LogP contribution in [0.5, 0.6) is 0 Å². The molecular formula is C16H16N2O4. The fourth-order valence-electron chi connectivity index (χ4n) is 2.17. The molecule has 1 aromatic carbocycles. The van der Waals surface area contributed by atoms with E-state index in [1.54, 1.807) is 37.3 Å². The van der Waals surface area contributed by atoms with Crippen molar-refractivity contribution in [3.63, 3.8) is 0 Å². The van der Waals surface area contributed by atoms with Gasteiger partial charge in [0.05, 0.1) is 12.5 Å². The minimum atomic E-state index is -1.02. The van der Waals surface area contributed by atoms with Gasteiger partial charge < -0.3 is 15.4 Å². The van der Waals surface area contributed by atoms with Crippen molar-refractivity contribution in [2.45, 2.75) is 19.4 Å². The molecule has 1 aromatic heterocycles. The van der Waals surface area contributed by atoms with E-state index in [1.165, 1.54) is 6.07 Å². The Hall–Kier alpha value is -2.89. The summed E-state index contributed by atoms with van der Waals surface area (Å²) in [5.74, 6) is -1.50. The maximum Gasteiger partial charge on any atom is 0.305 e. The lowest BCUT2D eigenvalue weighted by Gasteiger charge is -2.17. The molecule has 6 heteroatoms. The maximum atomic E-state index is 12.3. The van der Waals surface area contributed by atoms with Gasteiger partial charge >= 0.3 is 5.97 Å². The molecule has 1 atom stereocenters. The fourth-order valence-corrected chi connectivity index (χ4v) is 2.17. The highest BCUT2D eigenvalue weighted by atomic mass is 16.4. The number of hydrogen-bond acceptors (Lipinski definition) is 3. The summed E-state index contributed by atoms with van der Waals surface area (Å²) in [5.41, 5.74) is 1.08. The molecule has 2 rings (SSSR count). The number of nitrogens with one attached hydrogen (secondary N) is 2. The molecule has 1 heterocycles. The number of hydrogen-bond donors (Lipinski definition) is 3. The molecule has 6 nitrogen and oxygen atoms in total. The highest BCUT2D eigenvalue weighted by Gasteiger charge is 2.19. The smallest absolute Gasteiger partial charge is 0.305 e. The van der Waals surface area contributed by atoms with E-state index in [9.17, 15) is 14.4 Å². The first-order valence-electron chi connectivity index (χ1n) is 6.74. The number of amides is 1. The summed E-state index contributed by atoms with van der Waals surface area (Å²) in [6.45, 7) is 1.67. The van der Waals surface area contributed by atoms with Crippen LogP contribution in [0, 0.1) is 6.92 Å². The van der Waals surface area contributed by atoms with E-state index < -0.39 is 17.9 Å². The Balaban J connectivity index is 2.24. The van der Waals surface area contributed by atoms with Crippen molar-refractivity contribution in [2.75, 3.05) is 0 Å². The number of aliphatic carboxylic acids is 1. The second-order valence-corrected chi connectivity index (χ2v) is 4.95. The van der Waals surface area contributed by atoms with Gasteiger partial charge in [-0.3, -0.25) is 14.4 Å². The molecule has 0 fully saturated rings. The third kappa shape index (κ3) is 4.05. The molecule has 0 saturated heterocycles. The molecule has 0 spiro atoms. The quantitative estimate of drug-likeness (QED) is 0.781. The zero-order chi connectivity index (χ0) is 16.1. The van der Waals surface area contributed by atoms with Crippen LogP contribution in [0.4, 0.5) is 0 Å². The number of H-pyrrole nitrogens is 1. The number of aromatic nitrogens is 1. The monoisotopic (exact) mass is 300 g/mol. The van der Waals surface area contributed by atoms with E-state index in [-0.39, 0.29) is 17.5 Å².